The lowest BCUT2D eigenvalue weighted by atomic mass is 9.80. The summed E-state index contributed by atoms with van der Waals surface area (Å²) in [5.74, 6) is 1.68. The Bertz CT molecular complexity index is 455. The van der Waals surface area contributed by atoms with Crippen molar-refractivity contribution in [2.45, 2.75) is 131 Å². The first-order valence-corrected chi connectivity index (χ1v) is 13.1. The van der Waals surface area contributed by atoms with Crippen LogP contribution in [0.25, 0.3) is 0 Å². The molecule has 0 aromatic heterocycles. The van der Waals surface area contributed by atoms with Crippen molar-refractivity contribution in [2.75, 3.05) is 0 Å². The summed E-state index contributed by atoms with van der Waals surface area (Å²) in [5.41, 5.74) is 0. The van der Waals surface area contributed by atoms with Crippen LogP contribution in [0.4, 0.5) is 0 Å². The third kappa shape index (κ3) is 15.3. The van der Waals surface area contributed by atoms with Crippen molar-refractivity contribution in [3.8, 4) is 0 Å². The van der Waals surface area contributed by atoms with Crippen LogP contribution < -0.4 is 5.32 Å². The van der Waals surface area contributed by atoms with Gasteiger partial charge in [-0.2, -0.15) is 0 Å². The fraction of sp³-hybridized carbons (Fsp3) is 0.917. The highest BCUT2D eigenvalue weighted by atomic mass is 127. The van der Waals surface area contributed by atoms with E-state index in [-0.39, 0.29) is 18.1 Å². The standard InChI is InChI=1S/C10H18INO4.C10H18O.2C2H6/c1-6(16-11)4-10(15)12-7-2-3-8(13)9(14)5-7;1-3-10(11)9-6-4-8(2)5-7-9;2*1-2/h6-9,13-14H,2-5H2,1H3,(H,12,15);8-9H,3-7H2,1-2H3;2*1-2H3/t6-,7?,8?,9?;;;/m0.../s1. The van der Waals surface area contributed by atoms with Gasteiger partial charge in [-0.05, 0) is 44.9 Å². The van der Waals surface area contributed by atoms with Crippen molar-refractivity contribution in [3.05, 3.63) is 0 Å². The number of nitrogens with one attached hydrogen (secondary N) is 1. The molecule has 0 aromatic carbocycles. The zero-order valence-electron chi connectivity index (χ0n) is 20.8. The van der Waals surface area contributed by atoms with Gasteiger partial charge in [-0.15, -0.1) is 0 Å². The highest BCUT2D eigenvalue weighted by Gasteiger charge is 2.28. The molecule has 1 amide bonds. The topological polar surface area (TPSA) is 95.9 Å². The number of hydrogen-bond acceptors (Lipinski definition) is 5. The molecule has 0 heterocycles. The smallest absolute Gasteiger partial charge is 0.222 e. The van der Waals surface area contributed by atoms with Crippen molar-refractivity contribution in [1.82, 2.24) is 5.32 Å². The number of amides is 1. The van der Waals surface area contributed by atoms with Gasteiger partial charge >= 0.3 is 0 Å². The molecule has 0 aromatic rings. The van der Waals surface area contributed by atoms with E-state index in [2.05, 4.69) is 12.2 Å². The minimum Gasteiger partial charge on any atom is -0.390 e. The molecule has 0 radical (unpaired) electrons. The summed E-state index contributed by atoms with van der Waals surface area (Å²) in [4.78, 5) is 22.8. The van der Waals surface area contributed by atoms with Crippen molar-refractivity contribution in [3.63, 3.8) is 0 Å². The van der Waals surface area contributed by atoms with Crippen molar-refractivity contribution in [1.29, 1.82) is 0 Å². The quantitative estimate of drug-likeness (QED) is 0.382. The molecule has 0 spiro atoms. The fourth-order valence-corrected chi connectivity index (χ4v) is 3.89. The normalized spacial score (nSPS) is 28.3. The number of aliphatic hydroxyl groups is 2. The van der Waals surface area contributed by atoms with E-state index < -0.39 is 12.2 Å². The van der Waals surface area contributed by atoms with Gasteiger partial charge in [0.1, 0.15) is 28.8 Å². The lowest BCUT2D eigenvalue weighted by molar-refractivity contribution is -0.124. The Kier molecular flexibility index (Phi) is 21.6. The maximum atomic E-state index is 11.5. The van der Waals surface area contributed by atoms with Crippen LogP contribution in [0, 0.1) is 11.8 Å². The second kappa shape index (κ2) is 20.4. The first kappa shape index (κ1) is 32.9. The van der Waals surface area contributed by atoms with E-state index in [0.29, 0.717) is 37.4 Å². The number of hydrogen-bond donors (Lipinski definition) is 3. The minimum atomic E-state index is -0.725. The van der Waals surface area contributed by atoms with Gasteiger partial charge in [0.15, 0.2) is 0 Å². The zero-order chi connectivity index (χ0) is 24.4. The Labute approximate surface area is 205 Å². The summed E-state index contributed by atoms with van der Waals surface area (Å²) in [6.45, 7) is 14.1. The molecule has 6 nitrogen and oxygen atoms in total. The number of ketones is 1. The number of aliphatic hydroxyl groups excluding tert-OH is 2. The molecular weight excluding hydrogens is 509 g/mol. The van der Waals surface area contributed by atoms with Gasteiger partial charge in [0.25, 0.3) is 0 Å². The Morgan fingerprint density at radius 2 is 1.55 bits per heavy atom. The van der Waals surface area contributed by atoms with Crippen LogP contribution in [0.15, 0.2) is 0 Å². The molecule has 2 rings (SSSR count). The average Bonchev–Trinajstić information content (AvgIpc) is 2.79. The molecule has 4 atom stereocenters. The van der Waals surface area contributed by atoms with E-state index in [1.54, 1.807) is 23.0 Å². The molecule has 3 unspecified atom stereocenters. The SMILES string of the molecule is CC.CC.CCC(=O)C1CCC(C)CC1.C[C@@H](CC(=O)NC1CCC(O)C(O)C1)OI. The lowest BCUT2D eigenvalue weighted by Crippen LogP contribution is -2.45. The maximum absolute atomic E-state index is 11.5. The Morgan fingerprint density at radius 1 is 1.00 bits per heavy atom. The van der Waals surface area contributed by atoms with Crippen LogP contribution in [0.3, 0.4) is 0 Å². The van der Waals surface area contributed by atoms with Crippen molar-refractivity contribution in [2.24, 2.45) is 11.8 Å². The number of carbonyl (C=O) groups excluding carboxylic acids is 2. The highest BCUT2D eigenvalue weighted by molar-refractivity contribution is 14.1. The van der Waals surface area contributed by atoms with Gasteiger partial charge in [0, 0.05) is 18.4 Å². The number of rotatable bonds is 6. The van der Waals surface area contributed by atoms with Crippen molar-refractivity contribution >= 4 is 34.7 Å². The number of halogens is 1. The minimum absolute atomic E-state index is 0.0349. The Morgan fingerprint density at radius 3 is 2.00 bits per heavy atom. The van der Waals surface area contributed by atoms with E-state index in [0.717, 1.165) is 25.2 Å². The molecule has 2 aliphatic rings. The zero-order valence-corrected chi connectivity index (χ0v) is 23.0. The Balaban J connectivity index is 0. The van der Waals surface area contributed by atoms with Gasteiger partial charge in [-0.3, -0.25) is 9.59 Å². The predicted molar refractivity (Wildman–Crippen MR) is 136 cm³/mol. The van der Waals surface area contributed by atoms with E-state index in [1.165, 1.54) is 12.8 Å². The molecule has 186 valence electrons. The molecule has 31 heavy (non-hydrogen) atoms. The van der Waals surface area contributed by atoms with Crippen LogP contribution in [-0.2, 0) is 12.7 Å². The second-order valence-corrected chi connectivity index (χ2v) is 8.60. The first-order valence-electron chi connectivity index (χ1n) is 12.2. The lowest BCUT2D eigenvalue weighted by Gasteiger charge is -2.30. The number of carbonyl (C=O) groups is 2. The Hall–Kier alpha value is -0.250. The third-order valence-corrected chi connectivity index (χ3v) is 6.46. The summed E-state index contributed by atoms with van der Waals surface area (Å²) in [6.07, 6.45) is 6.05. The monoisotopic (exact) mass is 557 g/mol. The molecule has 2 fully saturated rings. The number of Topliss-reactive ketones (excluding diaryl/α,β-unsaturated/α-hetero) is 1. The van der Waals surface area contributed by atoms with E-state index in [9.17, 15) is 19.8 Å². The van der Waals surface area contributed by atoms with Crippen LogP contribution >= 0.6 is 23.0 Å². The molecule has 7 heteroatoms. The average molecular weight is 558 g/mol. The molecule has 3 N–H and O–H groups in total. The van der Waals surface area contributed by atoms with Crippen LogP contribution in [0.1, 0.15) is 106 Å². The summed E-state index contributed by atoms with van der Waals surface area (Å²) in [7, 11) is 0. The van der Waals surface area contributed by atoms with Gasteiger partial charge < -0.3 is 18.6 Å². The van der Waals surface area contributed by atoms with Crippen LogP contribution in [-0.4, -0.2) is 46.3 Å². The van der Waals surface area contributed by atoms with Crippen molar-refractivity contribution < 1.29 is 22.9 Å². The van der Waals surface area contributed by atoms with Crippen LogP contribution in [0.5, 0.6) is 0 Å². The predicted octanol–water partition coefficient (Wildman–Crippen LogP) is 5.37. The molecule has 0 aliphatic heterocycles. The van der Waals surface area contributed by atoms with Gasteiger partial charge in [-0.25, -0.2) is 0 Å². The molecule has 0 bridgehead atoms. The molecule has 2 saturated carbocycles. The summed E-state index contributed by atoms with van der Waals surface area (Å²) < 4.78 is 4.97. The largest absolute Gasteiger partial charge is 0.390 e. The van der Waals surface area contributed by atoms with E-state index >= 15 is 0 Å². The second-order valence-electron chi connectivity index (χ2n) is 8.09. The molecule has 0 saturated heterocycles. The third-order valence-electron chi connectivity index (χ3n) is 5.59. The van der Waals surface area contributed by atoms with E-state index in [4.69, 9.17) is 3.07 Å². The maximum Gasteiger partial charge on any atom is 0.222 e. The summed E-state index contributed by atoms with van der Waals surface area (Å²) in [5, 5.41) is 21.6. The summed E-state index contributed by atoms with van der Waals surface area (Å²) in [6, 6.07) is -0.0349. The molecular formula is C24H48INO5. The van der Waals surface area contributed by atoms with Gasteiger partial charge in [0.05, 0.1) is 24.7 Å². The fourth-order valence-electron chi connectivity index (χ4n) is 3.71. The highest BCUT2D eigenvalue weighted by Crippen LogP contribution is 2.29. The van der Waals surface area contributed by atoms with Crippen LogP contribution in [0.2, 0.25) is 0 Å². The first-order chi connectivity index (χ1) is 14.8. The van der Waals surface area contributed by atoms with Gasteiger partial charge in [0.2, 0.25) is 5.91 Å². The molecule has 2 aliphatic carbocycles. The van der Waals surface area contributed by atoms with E-state index in [1.807, 2.05) is 41.5 Å². The summed E-state index contributed by atoms with van der Waals surface area (Å²) >= 11 is 1.77. The van der Waals surface area contributed by atoms with Gasteiger partial charge in [-0.1, -0.05) is 54.4 Å².